The summed E-state index contributed by atoms with van der Waals surface area (Å²) in [6.45, 7) is 3.72. The van der Waals surface area contributed by atoms with Gasteiger partial charge >= 0.3 is 6.18 Å². The molecular weight excluding hydrogens is 330 g/mol. The summed E-state index contributed by atoms with van der Waals surface area (Å²) in [6, 6.07) is 2.18. The minimum absolute atomic E-state index is 0. The van der Waals surface area contributed by atoms with Crippen LogP contribution in [0.5, 0.6) is 0 Å². The predicted octanol–water partition coefficient (Wildman–Crippen LogP) is 2.38. The number of hydrogen-bond acceptors (Lipinski definition) is 3. The van der Waals surface area contributed by atoms with E-state index in [1.165, 1.54) is 6.07 Å². The summed E-state index contributed by atoms with van der Waals surface area (Å²) >= 11 is 0. The first kappa shape index (κ1) is 19.9. The Bertz CT molecular complexity index is 468. The lowest BCUT2D eigenvalue weighted by Gasteiger charge is -2.31. The molecule has 1 aliphatic heterocycles. The Kier molecular flexibility index (Phi) is 7.43. The van der Waals surface area contributed by atoms with E-state index in [-0.39, 0.29) is 42.3 Å². The number of amides is 1. The first-order chi connectivity index (χ1) is 8.88. The number of carbonyl (C=O) groups is 1. The number of aromatic nitrogens is 1. The minimum Gasteiger partial charge on any atom is -0.336 e. The topological polar surface area (TPSA) is 45.2 Å². The first-order valence-electron chi connectivity index (χ1n) is 5.94. The summed E-state index contributed by atoms with van der Waals surface area (Å²) in [4.78, 5) is 17.0. The zero-order valence-corrected chi connectivity index (χ0v) is 12.8. The first-order valence-corrected chi connectivity index (χ1v) is 5.94. The molecule has 21 heavy (non-hydrogen) atoms. The number of carbonyl (C=O) groups excluding carboxylic acids is 1. The maximum absolute atomic E-state index is 12.4. The lowest BCUT2D eigenvalue weighted by molar-refractivity contribution is -0.141. The molecule has 1 amide bonds. The van der Waals surface area contributed by atoms with Gasteiger partial charge < -0.3 is 10.2 Å². The third-order valence-corrected chi connectivity index (χ3v) is 2.96. The highest BCUT2D eigenvalue weighted by Gasteiger charge is 2.32. The number of nitrogens with zero attached hydrogens (tertiary/aromatic N) is 2. The van der Waals surface area contributed by atoms with Crippen molar-refractivity contribution in [2.24, 2.45) is 0 Å². The van der Waals surface area contributed by atoms with E-state index < -0.39 is 11.9 Å². The van der Waals surface area contributed by atoms with E-state index in [0.29, 0.717) is 19.6 Å². The zero-order chi connectivity index (χ0) is 14.0. The summed E-state index contributed by atoms with van der Waals surface area (Å²) in [7, 11) is 0. The summed E-state index contributed by atoms with van der Waals surface area (Å²) < 4.78 is 37.1. The van der Waals surface area contributed by atoms with Crippen LogP contribution in [0.3, 0.4) is 0 Å². The third-order valence-electron chi connectivity index (χ3n) is 2.96. The molecule has 2 heterocycles. The van der Waals surface area contributed by atoms with Crippen molar-refractivity contribution in [2.45, 2.75) is 19.1 Å². The van der Waals surface area contributed by atoms with Gasteiger partial charge in [-0.05, 0) is 19.1 Å². The number of nitrogens with one attached hydrogen (secondary N) is 1. The van der Waals surface area contributed by atoms with Gasteiger partial charge in [-0.25, -0.2) is 0 Å². The molecule has 1 aliphatic rings. The van der Waals surface area contributed by atoms with Crippen LogP contribution >= 0.6 is 24.8 Å². The van der Waals surface area contributed by atoms with Gasteiger partial charge in [0.1, 0.15) is 5.69 Å². The lowest BCUT2D eigenvalue weighted by Crippen LogP contribution is -2.51. The summed E-state index contributed by atoms with van der Waals surface area (Å²) in [5.74, 6) is -0.283. The van der Waals surface area contributed by atoms with Gasteiger partial charge in [-0.1, -0.05) is 0 Å². The van der Waals surface area contributed by atoms with Crippen LogP contribution in [0.4, 0.5) is 13.2 Å². The van der Waals surface area contributed by atoms with Crippen LogP contribution in [-0.2, 0) is 6.18 Å². The fraction of sp³-hybridized carbons (Fsp3) is 0.500. The van der Waals surface area contributed by atoms with E-state index >= 15 is 0 Å². The Hall–Kier alpha value is -1.05. The van der Waals surface area contributed by atoms with Gasteiger partial charge in [0, 0.05) is 31.9 Å². The molecule has 1 aromatic rings. The average Bonchev–Trinajstić information content (AvgIpc) is 2.37. The highest BCUT2D eigenvalue weighted by atomic mass is 35.5. The van der Waals surface area contributed by atoms with Crippen molar-refractivity contribution >= 4 is 30.7 Å². The van der Waals surface area contributed by atoms with Crippen LogP contribution in [0, 0.1) is 0 Å². The Morgan fingerprint density at radius 3 is 2.52 bits per heavy atom. The molecule has 1 unspecified atom stereocenters. The van der Waals surface area contributed by atoms with E-state index in [1.54, 1.807) is 4.90 Å². The van der Waals surface area contributed by atoms with Crippen LogP contribution in [0.25, 0.3) is 0 Å². The molecule has 0 aliphatic carbocycles. The van der Waals surface area contributed by atoms with Gasteiger partial charge in [-0.3, -0.25) is 9.78 Å². The van der Waals surface area contributed by atoms with Gasteiger partial charge in [-0.15, -0.1) is 24.8 Å². The Labute approximate surface area is 132 Å². The average molecular weight is 346 g/mol. The molecule has 2 rings (SSSR count). The van der Waals surface area contributed by atoms with Crippen molar-refractivity contribution < 1.29 is 18.0 Å². The van der Waals surface area contributed by atoms with Gasteiger partial charge in [0.15, 0.2) is 0 Å². The largest absolute Gasteiger partial charge is 0.433 e. The molecule has 9 heteroatoms. The summed E-state index contributed by atoms with van der Waals surface area (Å²) in [5.41, 5.74) is -0.806. The quantitative estimate of drug-likeness (QED) is 0.849. The second-order valence-corrected chi connectivity index (χ2v) is 4.54. The van der Waals surface area contributed by atoms with Crippen molar-refractivity contribution in [3.8, 4) is 0 Å². The van der Waals surface area contributed by atoms with Gasteiger partial charge in [-0.2, -0.15) is 13.2 Å². The number of halogens is 5. The van der Waals surface area contributed by atoms with Crippen molar-refractivity contribution in [1.29, 1.82) is 0 Å². The minimum atomic E-state index is -4.48. The Balaban J connectivity index is 0.00000200. The van der Waals surface area contributed by atoms with Crippen molar-refractivity contribution in [2.75, 3.05) is 19.6 Å². The van der Waals surface area contributed by atoms with Gasteiger partial charge in [0.25, 0.3) is 5.91 Å². The van der Waals surface area contributed by atoms with E-state index in [9.17, 15) is 18.0 Å². The Morgan fingerprint density at radius 2 is 2.05 bits per heavy atom. The lowest BCUT2D eigenvalue weighted by atomic mass is 10.2. The molecular formula is C12H16Cl2F3N3O. The predicted molar refractivity (Wildman–Crippen MR) is 77.1 cm³/mol. The second-order valence-electron chi connectivity index (χ2n) is 4.54. The molecule has 1 saturated heterocycles. The molecule has 0 bridgehead atoms. The molecule has 1 aromatic heterocycles. The number of rotatable bonds is 1. The van der Waals surface area contributed by atoms with Crippen LogP contribution in [-0.4, -0.2) is 41.5 Å². The normalized spacial score (nSPS) is 18.5. The molecule has 1 atom stereocenters. The summed E-state index contributed by atoms with van der Waals surface area (Å²) in [5, 5.41) is 3.19. The fourth-order valence-electron chi connectivity index (χ4n) is 1.99. The second kappa shape index (κ2) is 7.82. The Morgan fingerprint density at radius 1 is 1.38 bits per heavy atom. The van der Waals surface area contributed by atoms with E-state index in [1.807, 2.05) is 6.92 Å². The number of hydrogen-bond donors (Lipinski definition) is 1. The van der Waals surface area contributed by atoms with Crippen LogP contribution < -0.4 is 5.32 Å². The SMILES string of the molecule is CC1CN(C(=O)c2ccc(C(F)(F)F)nc2)CCN1.Cl.Cl. The van der Waals surface area contributed by atoms with E-state index in [0.717, 1.165) is 12.3 Å². The van der Waals surface area contributed by atoms with Crippen molar-refractivity contribution in [3.63, 3.8) is 0 Å². The summed E-state index contributed by atoms with van der Waals surface area (Å²) in [6.07, 6.45) is -3.50. The van der Waals surface area contributed by atoms with Crippen LogP contribution in [0.15, 0.2) is 18.3 Å². The van der Waals surface area contributed by atoms with Gasteiger partial charge in [0.2, 0.25) is 0 Å². The molecule has 120 valence electrons. The van der Waals surface area contributed by atoms with Crippen LogP contribution in [0.2, 0.25) is 0 Å². The van der Waals surface area contributed by atoms with E-state index in [4.69, 9.17) is 0 Å². The molecule has 0 aromatic carbocycles. The maximum atomic E-state index is 12.4. The molecule has 0 spiro atoms. The van der Waals surface area contributed by atoms with Crippen molar-refractivity contribution in [1.82, 2.24) is 15.2 Å². The van der Waals surface area contributed by atoms with E-state index in [2.05, 4.69) is 10.3 Å². The third kappa shape index (κ3) is 5.01. The molecule has 4 nitrogen and oxygen atoms in total. The highest BCUT2D eigenvalue weighted by molar-refractivity contribution is 5.94. The molecule has 0 radical (unpaired) electrons. The molecule has 1 fully saturated rings. The highest BCUT2D eigenvalue weighted by Crippen LogP contribution is 2.27. The fourth-order valence-corrected chi connectivity index (χ4v) is 1.99. The van der Waals surface area contributed by atoms with Gasteiger partial charge in [0.05, 0.1) is 5.56 Å². The standard InChI is InChI=1S/C12H14F3N3O.2ClH/c1-8-7-18(5-4-16-8)11(19)9-2-3-10(17-6-9)12(13,14)15;;/h2-3,6,8,16H,4-5,7H2,1H3;2*1H. The monoisotopic (exact) mass is 345 g/mol. The molecule has 1 N–H and O–H groups in total. The molecule has 0 saturated carbocycles. The zero-order valence-electron chi connectivity index (χ0n) is 11.2. The number of piperazine rings is 1. The maximum Gasteiger partial charge on any atom is 0.433 e. The number of alkyl halides is 3. The van der Waals surface area contributed by atoms with Crippen molar-refractivity contribution in [3.05, 3.63) is 29.6 Å². The van der Waals surface area contributed by atoms with Crippen LogP contribution in [0.1, 0.15) is 23.0 Å². The smallest absolute Gasteiger partial charge is 0.336 e. The number of pyridine rings is 1.